The monoisotopic (exact) mass is 341 g/mol. The number of hydrogen-bond acceptors (Lipinski definition) is 3. The van der Waals surface area contributed by atoms with Gasteiger partial charge in [0.1, 0.15) is 6.61 Å². The number of rotatable bonds is 9. The molecule has 0 bridgehead atoms. The minimum Gasteiger partial charge on any atom is -0.493 e. The molecule has 0 aliphatic heterocycles. The van der Waals surface area contributed by atoms with Gasteiger partial charge in [0.2, 0.25) is 0 Å². The summed E-state index contributed by atoms with van der Waals surface area (Å²) in [5, 5.41) is 3.44. The molecule has 0 amide bonds. The average molecular weight is 342 g/mol. The number of halogens is 1. The Hall–Kier alpha value is -1.00. The van der Waals surface area contributed by atoms with Gasteiger partial charge in [0.15, 0.2) is 11.5 Å². The highest BCUT2D eigenvalue weighted by Gasteiger charge is 2.11. The molecule has 1 N–H and O–H groups in total. The number of benzene rings is 1. The molecule has 112 valence electrons. The fourth-order valence-corrected chi connectivity index (χ4v) is 2.38. The third-order valence-electron chi connectivity index (χ3n) is 2.86. The molecular weight excluding hydrogens is 318 g/mol. The first-order chi connectivity index (χ1) is 9.58. The minimum atomic E-state index is 0.459. The van der Waals surface area contributed by atoms with Crippen molar-refractivity contribution in [3.05, 3.63) is 34.8 Å². The third kappa shape index (κ3) is 5.55. The van der Waals surface area contributed by atoms with E-state index in [0.29, 0.717) is 6.61 Å². The molecular formula is C16H24BrNO2. The Labute approximate surface area is 130 Å². The van der Waals surface area contributed by atoms with Crippen LogP contribution in [0.5, 0.6) is 11.5 Å². The maximum Gasteiger partial charge on any atom is 0.175 e. The number of ether oxygens (including phenoxy) is 2. The summed E-state index contributed by atoms with van der Waals surface area (Å²) in [7, 11) is 1.65. The van der Waals surface area contributed by atoms with Gasteiger partial charge in [0.05, 0.1) is 11.6 Å². The van der Waals surface area contributed by atoms with Gasteiger partial charge in [-0.1, -0.05) is 26.5 Å². The van der Waals surface area contributed by atoms with Crippen LogP contribution >= 0.6 is 15.9 Å². The van der Waals surface area contributed by atoms with Crippen molar-refractivity contribution in [1.29, 1.82) is 0 Å². The molecule has 1 rings (SSSR count). The second kappa shape index (κ2) is 9.03. The highest BCUT2D eigenvalue weighted by atomic mass is 79.9. The summed E-state index contributed by atoms with van der Waals surface area (Å²) in [4.78, 5) is 0. The molecule has 0 aliphatic rings. The standard InChI is InChI=1S/C16H24BrNO2/c1-5-8-20-16-14(17)9-13(10-15(16)19-4)11-18-7-6-12(2)3/h5,9-10,12,18H,1,6-8,11H2,2-4H3. The van der Waals surface area contributed by atoms with Gasteiger partial charge in [-0.05, 0) is 52.5 Å². The van der Waals surface area contributed by atoms with Gasteiger partial charge in [-0.2, -0.15) is 0 Å². The van der Waals surface area contributed by atoms with E-state index in [9.17, 15) is 0 Å². The maximum absolute atomic E-state index is 5.61. The van der Waals surface area contributed by atoms with Crippen LogP contribution in [-0.4, -0.2) is 20.3 Å². The van der Waals surface area contributed by atoms with Crippen molar-refractivity contribution in [1.82, 2.24) is 5.32 Å². The van der Waals surface area contributed by atoms with Crippen LogP contribution in [-0.2, 0) is 6.54 Å². The van der Waals surface area contributed by atoms with Crippen LogP contribution in [0.3, 0.4) is 0 Å². The van der Waals surface area contributed by atoms with E-state index in [0.717, 1.165) is 35.0 Å². The van der Waals surface area contributed by atoms with Crippen LogP contribution in [0.4, 0.5) is 0 Å². The van der Waals surface area contributed by atoms with Gasteiger partial charge in [0, 0.05) is 6.54 Å². The van der Waals surface area contributed by atoms with E-state index in [4.69, 9.17) is 9.47 Å². The zero-order valence-corrected chi connectivity index (χ0v) is 14.1. The van der Waals surface area contributed by atoms with Crippen molar-refractivity contribution in [3.8, 4) is 11.5 Å². The number of hydrogen-bond donors (Lipinski definition) is 1. The molecule has 0 atom stereocenters. The van der Waals surface area contributed by atoms with E-state index in [1.807, 2.05) is 6.07 Å². The topological polar surface area (TPSA) is 30.5 Å². The molecule has 1 aromatic carbocycles. The van der Waals surface area contributed by atoms with Gasteiger partial charge < -0.3 is 14.8 Å². The van der Waals surface area contributed by atoms with E-state index < -0.39 is 0 Å². The average Bonchev–Trinajstić information content (AvgIpc) is 2.41. The summed E-state index contributed by atoms with van der Waals surface area (Å²) in [5.41, 5.74) is 1.17. The lowest BCUT2D eigenvalue weighted by Crippen LogP contribution is -2.16. The fourth-order valence-electron chi connectivity index (χ4n) is 1.78. The summed E-state index contributed by atoms with van der Waals surface area (Å²) >= 11 is 3.53. The second-order valence-electron chi connectivity index (χ2n) is 5.07. The van der Waals surface area contributed by atoms with Crippen LogP contribution < -0.4 is 14.8 Å². The summed E-state index contributed by atoms with van der Waals surface area (Å²) in [6, 6.07) is 4.06. The molecule has 0 spiro atoms. The molecule has 0 radical (unpaired) electrons. The van der Waals surface area contributed by atoms with Gasteiger partial charge in [-0.3, -0.25) is 0 Å². The predicted octanol–water partition coefficient (Wildman–Crippen LogP) is 4.16. The van der Waals surface area contributed by atoms with E-state index in [2.05, 4.69) is 47.7 Å². The molecule has 0 saturated carbocycles. The summed E-state index contributed by atoms with van der Waals surface area (Å²) < 4.78 is 11.9. The molecule has 0 fully saturated rings. The van der Waals surface area contributed by atoms with Crippen LogP contribution in [0.15, 0.2) is 29.3 Å². The van der Waals surface area contributed by atoms with E-state index >= 15 is 0 Å². The van der Waals surface area contributed by atoms with Crippen LogP contribution in [0, 0.1) is 5.92 Å². The van der Waals surface area contributed by atoms with Crippen molar-refractivity contribution < 1.29 is 9.47 Å². The van der Waals surface area contributed by atoms with Gasteiger partial charge in [0.25, 0.3) is 0 Å². The highest BCUT2D eigenvalue weighted by Crippen LogP contribution is 2.36. The Bertz CT molecular complexity index is 433. The Morgan fingerprint density at radius 1 is 1.40 bits per heavy atom. The van der Waals surface area contributed by atoms with E-state index in [-0.39, 0.29) is 0 Å². The lowest BCUT2D eigenvalue weighted by atomic mass is 10.1. The van der Waals surface area contributed by atoms with Crippen molar-refractivity contribution in [3.63, 3.8) is 0 Å². The molecule has 0 aliphatic carbocycles. The lowest BCUT2D eigenvalue weighted by Gasteiger charge is -2.14. The summed E-state index contributed by atoms with van der Waals surface area (Å²) in [5.74, 6) is 2.18. The predicted molar refractivity (Wildman–Crippen MR) is 87.5 cm³/mol. The Kier molecular flexibility index (Phi) is 7.70. The molecule has 0 unspecified atom stereocenters. The Morgan fingerprint density at radius 3 is 2.75 bits per heavy atom. The zero-order valence-electron chi connectivity index (χ0n) is 12.5. The van der Waals surface area contributed by atoms with Crippen molar-refractivity contribution in [2.24, 2.45) is 5.92 Å². The van der Waals surface area contributed by atoms with Crippen LogP contribution in [0.1, 0.15) is 25.8 Å². The smallest absolute Gasteiger partial charge is 0.175 e. The first-order valence-corrected chi connectivity index (χ1v) is 7.68. The van der Waals surface area contributed by atoms with Crippen molar-refractivity contribution in [2.75, 3.05) is 20.3 Å². The second-order valence-corrected chi connectivity index (χ2v) is 5.92. The highest BCUT2D eigenvalue weighted by molar-refractivity contribution is 9.10. The molecule has 20 heavy (non-hydrogen) atoms. The molecule has 3 nitrogen and oxygen atoms in total. The number of nitrogens with one attached hydrogen (secondary N) is 1. The third-order valence-corrected chi connectivity index (χ3v) is 3.45. The van der Waals surface area contributed by atoms with E-state index in [1.54, 1.807) is 13.2 Å². The maximum atomic E-state index is 5.61. The van der Waals surface area contributed by atoms with Crippen molar-refractivity contribution in [2.45, 2.75) is 26.8 Å². The summed E-state index contributed by atoms with van der Waals surface area (Å²) in [6.45, 7) is 10.4. The molecule has 1 aromatic rings. The molecule has 0 heterocycles. The Balaban J connectivity index is 2.69. The zero-order chi connectivity index (χ0) is 15.0. The first-order valence-electron chi connectivity index (χ1n) is 6.89. The van der Waals surface area contributed by atoms with Crippen LogP contribution in [0.25, 0.3) is 0 Å². The fraction of sp³-hybridized carbons (Fsp3) is 0.500. The molecule has 0 aromatic heterocycles. The molecule has 0 saturated heterocycles. The summed E-state index contributed by atoms with van der Waals surface area (Å²) in [6.07, 6.45) is 2.89. The first kappa shape index (κ1) is 17.1. The van der Waals surface area contributed by atoms with Gasteiger partial charge in [-0.25, -0.2) is 0 Å². The molecule has 4 heteroatoms. The normalized spacial score (nSPS) is 10.7. The quantitative estimate of drug-likeness (QED) is 0.540. The number of methoxy groups -OCH3 is 1. The lowest BCUT2D eigenvalue weighted by molar-refractivity contribution is 0.324. The van der Waals surface area contributed by atoms with Gasteiger partial charge in [-0.15, -0.1) is 0 Å². The Morgan fingerprint density at radius 2 is 2.15 bits per heavy atom. The van der Waals surface area contributed by atoms with Gasteiger partial charge >= 0.3 is 0 Å². The SMILES string of the molecule is C=CCOc1c(Br)cc(CNCCC(C)C)cc1OC. The van der Waals surface area contributed by atoms with Crippen molar-refractivity contribution >= 4 is 15.9 Å². The van der Waals surface area contributed by atoms with E-state index in [1.165, 1.54) is 12.0 Å². The minimum absolute atomic E-state index is 0.459. The van der Waals surface area contributed by atoms with Crippen LogP contribution in [0.2, 0.25) is 0 Å². The largest absolute Gasteiger partial charge is 0.493 e.